The van der Waals surface area contributed by atoms with Crippen molar-refractivity contribution in [3.8, 4) is 0 Å². The Kier molecular flexibility index (Phi) is 3.94. The molecule has 0 aromatic heterocycles. The monoisotopic (exact) mass is 372 g/mol. The van der Waals surface area contributed by atoms with E-state index in [1.54, 1.807) is 0 Å². The zero-order chi connectivity index (χ0) is 15.2. The molecule has 1 saturated carbocycles. The lowest BCUT2D eigenvalue weighted by molar-refractivity contribution is -0.139. The normalized spacial score (nSPS) is 18.1. The van der Waals surface area contributed by atoms with Gasteiger partial charge in [0.15, 0.2) is 9.84 Å². The minimum atomic E-state index is -4.74. The number of sulfone groups is 1. The summed E-state index contributed by atoms with van der Waals surface area (Å²) < 4.78 is 63.5. The molecule has 1 fully saturated rings. The van der Waals surface area contributed by atoms with Gasteiger partial charge in [0.2, 0.25) is 0 Å². The van der Waals surface area contributed by atoms with Gasteiger partial charge in [-0.3, -0.25) is 0 Å². The molecule has 1 aromatic rings. The Morgan fingerprint density at radius 2 is 1.90 bits per heavy atom. The molecule has 0 bridgehead atoms. The highest BCUT2D eigenvalue weighted by Crippen LogP contribution is 2.48. The van der Waals surface area contributed by atoms with E-state index in [0.29, 0.717) is 12.8 Å². The van der Waals surface area contributed by atoms with Gasteiger partial charge in [-0.1, -0.05) is 15.9 Å². The maximum atomic E-state index is 12.9. The standard InChI is InChI=1S/C12H12BrF3O3S/c13-8-1-2-9(12(14,15)16)10(5-8)20(18,19)7-11(6-17)3-4-11/h1-2,5,17H,3-4,6-7H2. The van der Waals surface area contributed by atoms with E-state index in [2.05, 4.69) is 15.9 Å². The Labute approximate surface area is 122 Å². The van der Waals surface area contributed by atoms with Crippen LogP contribution in [-0.2, 0) is 16.0 Å². The Bertz CT molecular complexity index is 621. The molecule has 0 spiro atoms. The van der Waals surface area contributed by atoms with E-state index >= 15 is 0 Å². The van der Waals surface area contributed by atoms with Gasteiger partial charge in [-0.2, -0.15) is 13.2 Å². The van der Waals surface area contributed by atoms with Crippen molar-refractivity contribution in [2.75, 3.05) is 12.4 Å². The van der Waals surface area contributed by atoms with Gasteiger partial charge in [0.1, 0.15) is 0 Å². The van der Waals surface area contributed by atoms with Gasteiger partial charge in [0.25, 0.3) is 0 Å². The molecular weight excluding hydrogens is 361 g/mol. The van der Waals surface area contributed by atoms with Crippen LogP contribution in [-0.4, -0.2) is 25.9 Å². The maximum absolute atomic E-state index is 12.9. The van der Waals surface area contributed by atoms with E-state index in [9.17, 15) is 21.6 Å². The van der Waals surface area contributed by atoms with Crippen molar-refractivity contribution >= 4 is 25.8 Å². The third-order valence-corrected chi connectivity index (χ3v) is 5.87. The van der Waals surface area contributed by atoms with Gasteiger partial charge in [-0.25, -0.2) is 8.42 Å². The summed E-state index contributed by atoms with van der Waals surface area (Å²) in [4.78, 5) is -0.737. The average molecular weight is 373 g/mol. The molecule has 3 nitrogen and oxygen atoms in total. The van der Waals surface area contributed by atoms with Gasteiger partial charge in [-0.15, -0.1) is 0 Å². The summed E-state index contributed by atoms with van der Waals surface area (Å²) in [5, 5.41) is 9.15. The van der Waals surface area contributed by atoms with Crippen molar-refractivity contribution < 1.29 is 26.7 Å². The van der Waals surface area contributed by atoms with Crippen molar-refractivity contribution in [3.05, 3.63) is 28.2 Å². The fraction of sp³-hybridized carbons (Fsp3) is 0.500. The summed E-state index contributed by atoms with van der Waals surface area (Å²) in [6.07, 6.45) is -3.71. The average Bonchev–Trinajstić information content (AvgIpc) is 3.07. The van der Waals surface area contributed by atoms with Gasteiger partial charge in [0, 0.05) is 16.5 Å². The number of rotatable bonds is 4. The zero-order valence-corrected chi connectivity index (χ0v) is 12.6. The van der Waals surface area contributed by atoms with Crippen LogP contribution >= 0.6 is 15.9 Å². The number of halogens is 4. The quantitative estimate of drug-likeness (QED) is 0.883. The largest absolute Gasteiger partial charge is 0.417 e. The third kappa shape index (κ3) is 3.17. The van der Waals surface area contributed by atoms with Crippen molar-refractivity contribution in [2.24, 2.45) is 5.41 Å². The van der Waals surface area contributed by atoms with Crippen LogP contribution in [0.25, 0.3) is 0 Å². The van der Waals surface area contributed by atoms with Crippen molar-refractivity contribution in [1.82, 2.24) is 0 Å². The number of aliphatic hydroxyl groups excluding tert-OH is 1. The van der Waals surface area contributed by atoms with Crippen LogP contribution < -0.4 is 0 Å². The van der Waals surface area contributed by atoms with Gasteiger partial charge < -0.3 is 5.11 Å². The van der Waals surface area contributed by atoms with Crippen molar-refractivity contribution in [1.29, 1.82) is 0 Å². The number of aliphatic hydroxyl groups is 1. The third-order valence-electron chi connectivity index (χ3n) is 3.37. The Balaban J connectivity index is 2.48. The highest BCUT2D eigenvalue weighted by Gasteiger charge is 2.47. The minimum Gasteiger partial charge on any atom is -0.396 e. The maximum Gasteiger partial charge on any atom is 0.417 e. The summed E-state index contributed by atoms with van der Waals surface area (Å²) in [7, 11) is -4.11. The van der Waals surface area contributed by atoms with Gasteiger partial charge in [0.05, 0.1) is 16.2 Å². The van der Waals surface area contributed by atoms with Gasteiger partial charge in [-0.05, 0) is 31.0 Å². The molecule has 8 heteroatoms. The summed E-state index contributed by atoms with van der Waals surface area (Å²) in [6.45, 7) is -0.332. The lowest BCUT2D eigenvalue weighted by Crippen LogP contribution is -2.23. The smallest absolute Gasteiger partial charge is 0.396 e. The molecular formula is C12H12BrF3O3S. The fourth-order valence-electron chi connectivity index (χ4n) is 1.99. The summed E-state index contributed by atoms with van der Waals surface area (Å²) in [5.41, 5.74) is -1.95. The number of benzene rings is 1. The topological polar surface area (TPSA) is 54.4 Å². The van der Waals surface area contributed by atoms with E-state index in [-0.39, 0.29) is 11.1 Å². The molecule has 0 unspecified atom stereocenters. The first-order valence-electron chi connectivity index (χ1n) is 5.80. The van der Waals surface area contributed by atoms with Gasteiger partial charge >= 0.3 is 6.18 Å². The molecule has 0 saturated heterocycles. The molecule has 0 radical (unpaired) electrons. The number of hydrogen-bond acceptors (Lipinski definition) is 3. The molecule has 1 aliphatic carbocycles. The molecule has 1 aliphatic rings. The van der Waals surface area contributed by atoms with Crippen molar-refractivity contribution in [3.63, 3.8) is 0 Å². The first kappa shape index (κ1) is 15.8. The van der Waals surface area contributed by atoms with Crippen LogP contribution in [0.2, 0.25) is 0 Å². The Morgan fingerprint density at radius 3 is 2.35 bits per heavy atom. The van der Waals surface area contributed by atoms with E-state index in [4.69, 9.17) is 5.11 Å². The zero-order valence-electron chi connectivity index (χ0n) is 10.2. The lowest BCUT2D eigenvalue weighted by atomic mass is 10.2. The highest BCUT2D eigenvalue weighted by atomic mass is 79.9. The van der Waals surface area contributed by atoms with Crippen LogP contribution in [0, 0.1) is 5.41 Å². The SMILES string of the molecule is O=S(=O)(CC1(CO)CC1)c1cc(Br)ccc1C(F)(F)F. The molecule has 0 amide bonds. The Hall–Kier alpha value is -0.600. The molecule has 0 atom stereocenters. The second kappa shape index (κ2) is 4.99. The molecule has 20 heavy (non-hydrogen) atoms. The molecule has 1 aromatic carbocycles. The Morgan fingerprint density at radius 1 is 1.30 bits per heavy atom. The van der Waals surface area contributed by atoms with Crippen LogP contribution in [0.5, 0.6) is 0 Å². The van der Waals surface area contributed by atoms with Crippen LogP contribution in [0.15, 0.2) is 27.6 Å². The predicted molar refractivity (Wildman–Crippen MR) is 69.9 cm³/mol. The lowest BCUT2D eigenvalue weighted by Gasteiger charge is -2.16. The second-order valence-corrected chi connectivity index (χ2v) is 7.93. The first-order valence-corrected chi connectivity index (χ1v) is 8.25. The molecule has 0 aliphatic heterocycles. The van der Waals surface area contributed by atoms with E-state index in [1.165, 1.54) is 0 Å². The summed E-state index contributed by atoms with van der Waals surface area (Å²) in [6, 6.07) is 2.86. The van der Waals surface area contributed by atoms with Crippen LogP contribution in [0.1, 0.15) is 18.4 Å². The number of hydrogen-bond donors (Lipinski definition) is 1. The van der Waals surface area contributed by atoms with E-state index in [0.717, 1.165) is 18.2 Å². The first-order chi connectivity index (χ1) is 9.10. The summed E-state index contributed by atoms with van der Waals surface area (Å²) in [5.74, 6) is -0.462. The predicted octanol–water partition coefficient (Wildman–Crippen LogP) is 3.01. The van der Waals surface area contributed by atoms with Crippen LogP contribution in [0.4, 0.5) is 13.2 Å². The molecule has 2 rings (SSSR count). The second-order valence-electron chi connectivity index (χ2n) is 5.06. The minimum absolute atomic E-state index is 0.262. The number of alkyl halides is 3. The molecule has 1 N–H and O–H groups in total. The molecule has 112 valence electrons. The van der Waals surface area contributed by atoms with E-state index in [1.807, 2.05) is 0 Å². The van der Waals surface area contributed by atoms with E-state index < -0.39 is 37.6 Å². The summed E-state index contributed by atoms with van der Waals surface area (Å²) >= 11 is 2.99. The molecule has 0 heterocycles. The highest BCUT2D eigenvalue weighted by molar-refractivity contribution is 9.10. The van der Waals surface area contributed by atoms with Crippen molar-refractivity contribution in [2.45, 2.75) is 23.9 Å². The van der Waals surface area contributed by atoms with Crippen LogP contribution in [0.3, 0.4) is 0 Å². The fourth-order valence-corrected chi connectivity index (χ4v) is 4.67.